The van der Waals surface area contributed by atoms with Crippen LogP contribution in [0.15, 0.2) is 18.2 Å². The molecule has 0 amide bonds. The minimum Gasteiger partial charge on any atom is -0.466 e. The molecular formula is C10H12N2O2. The maximum atomic E-state index is 10.8. The third-order valence-corrected chi connectivity index (χ3v) is 1.60. The van der Waals surface area contributed by atoms with Crippen LogP contribution in [0.4, 0.5) is 5.82 Å². The summed E-state index contributed by atoms with van der Waals surface area (Å²) >= 11 is 0. The molecule has 0 spiro atoms. The standard InChI is InChI=1S/C10H12N2O2/c1-7-5-8(12-9(11)6-7)3-4-10(13)14-2/h3-6H,1-2H3,(H2,11,12). The van der Waals surface area contributed by atoms with Gasteiger partial charge >= 0.3 is 5.97 Å². The van der Waals surface area contributed by atoms with Gasteiger partial charge in [-0.1, -0.05) is 0 Å². The molecule has 2 N–H and O–H groups in total. The van der Waals surface area contributed by atoms with Crippen LogP contribution in [0.1, 0.15) is 11.3 Å². The zero-order valence-electron chi connectivity index (χ0n) is 8.15. The largest absolute Gasteiger partial charge is 0.466 e. The van der Waals surface area contributed by atoms with Crippen molar-refractivity contribution < 1.29 is 9.53 Å². The minimum atomic E-state index is -0.410. The molecule has 0 radical (unpaired) electrons. The predicted molar refractivity (Wildman–Crippen MR) is 54.4 cm³/mol. The molecule has 0 bridgehead atoms. The Morgan fingerprint density at radius 1 is 1.57 bits per heavy atom. The lowest BCUT2D eigenvalue weighted by Crippen LogP contribution is -1.96. The van der Waals surface area contributed by atoms with E-state index < -0.39 is 5.97 Å². The summed E-state index contributed by atoms with van der Waals surface area (Å²) in [6, 6.07) is 3.59. The second-order valence-corrected chi connectivity index (χ2v) is 2.85. The van der Waals surface area contributed by atoms with E-state index in [2.05, 4.69) is 9.72 Å². The van der Waals surface area contributed by atoms with Gasteiger partial charge in [-0.25, -0.2) is 9.78 Å². The first-order valence-electron chi connectivity index (χ1n) is 4.12. The fraction of sp³-hybridized carbons (Fsp3) is 0.200. The molecular weight excluding hydrogens is 180 g/mol. The lowest BCUT2D eigenvalue weighted by molar-refractivity contribution is -0.134. The summed E-state index contributed by atoms with van der Waals surface area (Å²) in [4.78, 5) is 14.8. The summed E-state index contributed by atoms with van der Waals surface area (Å²) in [6.07, 6.45) is 2.87. The monoisotopic (exact) mass is 192 g/mol. The quantitative estimate of drug-likeness (QED) is 0.564. The minimum absolute atomic E-state index is 0.410. The van der Waals surface area contributed by atoms with Crippen molar-refractivity contribution in [2.45, 2.75) is 6.92 Å². The van der Waals surface area contributed by atoms with Gasteiger partial charge in [0.2, 0.25) is 0 Å². The lowest BCUT2D eigenvalue weighted by atomic mass is 10.2. The number of carbonyl (C=O) groups is 1. The number of carbonyl (C=O) groups excluding carboxylic acids is 1. The van der Waals surface area contributed by atoms with E-state index in [0.717, 1.165) is 5.56 Å². The number of nitrogen functional groups attached to an aromatic ring is 1. The molecule has 0 fully saturated rings. The van der Waals surface area contributed by atoms with Gasteiger partial charge < -0.3 is 10.5 Å². The Bertz CT molecular complexity index is 352. The van der Waals surface area contributed by atoms with Gasteiger partial charge in [0.25, 0.3) is 0 Å². The number of methoxy groups -OCH3 is 1. The normalized spacial score (nSPS) is 10.4. The van der Waals surface area contributed by atoms with E-state index in [0.29, 0.717) is 11.5 Å². The van der Waals surface area contributed by atoms with Gasteiger partial charge in [0, 0.05) is 6.08 Å². The number of pyridine rings is 1. The van der Waals surface area contributed by atoms with Crippen molar-refractivity contribution in [2.24, 2.45) is 0 Å². The van der Waals surface area contributed by atoms with Crippen molar-refractivity contribution in [3.8, 4) is 0 Å². The van der Waals surface area contributed by atoms with Crippen molar-refractivity contribution in [3.05, 3.63) is 29.5 Å². The summed E-state index contributed by atoms with van der Waals surface area (Å²) in [5.74, 6) is 0.0291. The van der Waals surface area contributed by atoms with Gasteiger partial charge in [-0.3, -0.25) is 0 Å². The molecule has 1 heterocycles. The number of nitrogens with two attached hydrogens (primary N) is 1. The first-order chi connectivity index (χ1) is 6.61. The third kappa shape index (κ3) is 2.90. The van der Waals surface area contributed by atoms with Crippen LogP contribution in [-0.4, -0.2) is 18.1 Å². The summed E-state index contributed by atoms with van der Waals surface area (Å²) in [5.41, 5.74) is 7.19. The highest BCUT2D eigenvalue weighted by atomic mass is 16.5. The van der Waals surface area contributed by atoms with E-state index in [1.165, 1.54) is 13.2 Å². The lowest BCUT2D eigenvalue weighted by Gasteiger charge is -1.98. The van der Waals surface area contributed by atoms with Crippen molar-refractivity contribution in [2.75, 3.05) is 12.8 Å². The van der Waals surface area contributed by atoms with Crippen molar-refractivity contribution in [1.82, 2.24) is 4.98 Å². The number of anilines is 1. The van der Waals surface area contributed by atoms with Crippen LogP contribution in [0.25, 0.3) is 6.08 Å². The molecule has 0 saturated carbocycles. The Hall–Kier alpha value is -1.84. The van der Waals surface area contributed by atoms with Crippen LogP contribution in [0.2, 0.25) is 0 Å². The van der Waals surface area contributed by atoms with Crippen LogP contribution < -0.4 is 5.73 Å². The topological polar surface area (TPSA) is 65.2 Å². The molecule has 14 heavy (non-hydrogen) atoms. The maximum absolute atomic E-state index is 10.8. The van der Waals surface area contributed by atoms with E-state index in [9.17, 15) is 4.79 Å². The van der Waals surface area contributed by atoms with Gasteiger partial charge in [0.15, 0.2) is 0 Å². The molecule has 1 aromatic heterocycles. The van der Waals surface area contributed by atoms with Gasteiger partial charge in [-0.2, -0.15) is 0 Å². The molecule has 0 aliphatic carbocycles. The molecule has 1 aromatic rings. The molecule has 4 heteroatoms. The van der Waals surface area contributed by atoms with Crippen molar-refractivity contribution in [3.63, 3.8) is 0 Å². The molecule has 0 aliphatic heterocycles. The Labute approximate surface area is 82.4 Å². The van der Waals surface area contributed by atoms with Crippen LogP contribution in [0.5, 0.6) is 0 Å². The Kier molecular flexibility index (Phi) is 3.23. The fourth-order valence-electron chi connectivity index (χ4n) is 1.03. The maximum Gasteiger partial charge on any atom is 0.330 e. The third-order valence-electron chi connectivity index (χ3n) is 1.60. The number of ether oxygens (including phenoxy) is 1. The molecule has 0 aromatic carbocycles. The van der Waals surface area contributed by atoms with E-state index >= 15 is 0 Å². The Morgan fingerprint density at radius 3 is 2.86 bits per heavy atom. The van der Waals surface area contributed by atoms with Crippen LogP contribution in [0.3, 0.4) is 0 Å². The zero-order valence-corrected chi connectivity index (χ0v) is 8.15. The molecule has 74 valence electrons. The summed E-state index contributed by atoms with van der Waals surface area (Å²) < 4.78 is 4.45. The Morgan fingerprint density at radius 2 is 2.29 bits per heavy atom. The molecule has 0 aliphatic rings. The summed E-state index contributed by atoms with van der Waals surface area (Å²) in [6.45, 7) is 1.91. The van der Waals surface area contributed by atoms with Gasteiger partial charge in [0.05, 0.1) is 12.8 Å². The van der Waals surface area contributed by atoms with E-state index in [1.54, 1.807) is 12.1 Å². The van der Waals surface area contributed by atoms with Gasteiger partial charge in [-0.05, 0) is 30.7 Å². The highest BCUT2D eigenvalue weighted by Crippen LogP contribution is 2.07. The van der Waals surface area contributed by atoms with E-state index in [-0.39, 0.29) is 0 Å². The van der Waals surface area contributed by atoms with Crippen LogP contribution >= 0.6 is 0 Å². The highest BCUT2D eigenvalue weighted by Gasteiger charge is 1.95. The smallest absolute Gasteiger partial charge is 0.330 e. The number of hydrogen-bond acceptors (Lipinski definition) is 4. The van der Waals surface area contributed by atoms with Crippen LogP contribution in [-0.2, 0) is 9.53 Å². The van der Waals surface area contributed by atoms with E-state index in [4.69, 9.17) is 5.73 Å². The number of nitrogens with zero attached hydrogens (tertiary/aromatic N) is 1. The average Bonchev–Trinajstić information content (AvgIpc) is 2.12. The SMILES string of the molecule is COC(=O)C=Cc1cc(C)cc(N)n1. The first kappa shape index (κ1) is 10.2. The number of aromatic nitrogens is 1. The number of aryl methyl sites for hydroxylation is 1. The van der Waals surface area contributed by atoms with E-state index in [1.807, 2.05) is 13.0 Å². The first-order valence-corrected chi connectivity index (χ1v) is 4.12. The van der Waals surface area contributed by atoms with Crippen LogP contribution in [0, 0.1) is 6.92 Å². The molecule has 1 rings (SSSR count). The predicted octanol–water partition coefficient (Wildman–Crippen LogP) is 1.16. The molecule has 0 atom stereocenters. The molecule has 4 nitrogen and oxygen atoms in total. The fourth-order valence-corrected chi connectivity index (χ4v) is 1.03. The van der Waals surface area contributed by atoms with Gasteiger partial charge in [-0.15, -0.1) is 0 Å². The summed E-state index contributed by atoms with van der Waals surface area (Å²) in [5, 5.41) is 0. The van der Waals surface area contributed by atoms with Crippen molar-refractivity contribution >= 4 is 17.9 Å². The van der Waals surface area contributed by atoms with Crippen molar-refractivity contribution in [1.29, 1.82) is 0 Å². The number of hydrogen-bond donors (Lipinski definition) is 1. The second kappa shape index (κ2) is 4.41. The zero-order chi connectivity index (χ0) is 10.6. The number of rotatable bonds is 2. The molecule has 0 saturated heterocycles. The second-order valence-electron chi connectivity index (χ2n) is 2.85. The number of esters is 1. The summed E-state index contributed by atoms with van der Waals surface area (Å²) in [7, 11) is 1.32. The van der Waals surface area contributed by atoms with Gasteiger partial charge in [0.1, 0.15) is 5.82 Å². The average molecular weight is 192 g/mol. The Balaban J connectivity index is 2.86. The highest BCUT2D eigenvalue weighted by molar-refractivity contribution is 5.86. The molecule has 0 unspecified atom stereocenters.